The molecule has 0 bridgehead atoms. The van der Waals surface area contributed by atoms with Gasteiger partial charge in [-0.25, -0.2) is 4.79 Å². The summed E-state index contributed by atoms with van der Waals surface area (Å²) in [6, 6.07) is 4.41. The summed E-state index contributed by atoms with van der Waals surface area (Å²) < 4.78 is 38.9. The van der Waals surface area contributed by atoms with E-state index >= 15 is 0 Å². The summed E-state index contributed by atoms with van der Waals surface area (Å²) in [6.45, 7) is 3.78. The van der Waals surface area contributed by atoms with Crippen LogP contribution in [0.25, 0.3) is 0 Å². The zero-order valence-electron chi connectivity index (χ0n) is 15.6. The number of H-pyrrole nitrogens is 2. The zero-order valence-corrected chi connectivity index (χ0v) is 15.6. The molecule has 29 heavy (non-hydrogen) atoms. The predicted molar refractivity (Wildman–Crippen MR) is 99.6 cm³/mol. The fraction of sp³-hybridized carbons (Fsp3) is 0.350. The number of hydrogen-bond donors (Lipinski definition) is 3. The summed E-state index contributed by atoms with van der Waals surface area (Å²) in [5.74, 6) is -1.54. The Kier molecular flexibility index (Phi) is 4.11. The van der Waals surface area contributed by atoms with Gasteiger partial charge in [0.15, 0.2) is 0 Å². The van der Waals surface area contributed by atoms with Crippen molar-refractivity contribution in [3.8, 4) is 0 Å². The first-order chi connectivity index (χ1) is 13.5. The highest BCUT2D eigenvalue weighted by atomic mass is 19.4. The van der Waals surface area contributed by atoms with Gasteiger partial charge in [0.1, 0.15) is 11.6 Å². The molecule has 0 amide bonds. The maximum atomic E-state index is 13.0. The molecular formula is C20H18F3N3O3. The SMILES string of the molecule is CC1(C)C=C2Nc3[nH]c(=O)[nH]c(=O)c3[C@H](c3ccc(C(F)(F)F)cc3)[C@H]2C(=O)C1. The average molecular weight is 405 g/mol. The van der Waals surface area contributed by atoms with Crippen LogP contribution in [0.2, 0.25) is 0 Å². The highest BCUT2D eigenvalue weighted by Crippen LogP contribution is 2.47. The topological polar surface area (TPSA) is 94.8 Å². The molecule has 0 radical (unpaired) electrons. The van der Waals surface area contributed by atoms with Crippen LogP contribution >= 0.6 is 0 Å². The van der Waals surface area contributed by atoms with Gasteiger partial charge >= 0.3 is 11.9 Å². The Morgan fingerprint density at radius 1 is 1.00 bits per heavy atom. The van der Waals surface area contributed by atoms with Crippen LogP contribution in [0.3, 0.4) is 0 Å². The summed E-state index contributed by atoms with van der Waals surface area (Å²) >= 11 is 0. The van der Waals surface area contributed by atoms with E-state index < -0.39 is 40.2 Å². The van der Waals surface area contributed by atoms with Gasteiger partial charge in [-0.1, -0.05) is 32.1 Å². The Bertz CT molecular complexity index is 1140. The number of Topliss-reactive ketones (excluding diaryl/α,β-unsaturated/α-hetero) is 1. The van der Waals surface area contributed by atoms with Crippen LogP contribution in [-0.2, 0) is 11.0 Å². The number of halogens is 3. The molecule has 3 N–H and O–H groups in total. The van der Waals surface area contributed by atoms with Crippen molar-refractivity contribution in [2.24, 2.45) is 11.3 Å². The molecule has 152 valence electrons. The summed E-state index contributed by atoms with van der Waals surface area (Å²) in [5, 5.41) is 2.99. The number of benzene rings is 1. The first-order valence-electron chi connectivity index (χ1n) is 9.02. The van der Waals surface area contributed by atoms with E-state index in [1.807, 2.05) is 19.9 Å². The number of rotatable bonds is 1. The molecule has 2 aliphatic rings. The minimum absolute atomic E-state index is 0.124. The average Bonchev–Trinajstić information content (AvgIpc) is 2.58. The van der Waals surface area contributed by atoms with Gasteiger partial charge in [-0.15, -0.1) is 0 Å². The molecule has 6 nitrogen and oxygen atoms in total. The lowest BCUT2D eigenvalue weighted by Crippen LogP contribution is -2.43. The number of fused-ring (bicyclic) bond motifs is 2. The molecule has 0 spiro atoms. The van der Waals surface area contributed by atoms with Crippen molar-refractivity contribution in [2.75, 3.05) is 5.32 Å². The normalized spacial score (nSPS) is 22.9. The smallest absolute Gasteiger partial charge is 0.344 e. The van der Waals surface area contributed by atoms with Gasteiger partial charge in [0.2, 0.25) is 0 Å². The largest absolute Gasteiger partial charge is 0.416 e. The number of alkyl halides is 3. The Morgan fingerprint density at radius 2 is 1.66 bits per heavy atom. The number of carbonyl (C=O) groups excluding carboxylic acids is 1. The lowest BCUT2D eigenvalue weighted by molar-refractivity contribution is -0.137. The van der Waals surface area contributed by atoms with Gasteiger partial charge in [0.05, 0.1) is 17.0 Å². The van der Waals surface area contributed by atoms with E-state index in [0.29, 0.717) is 11.3 Å². The molecule has 1 aromatic carbocycles. The highest BCUT2D eigenvalue weighted by molar-refractivity contribution is 5.90. The number of carbonyl (C=O) groups is 1. The summed E-state index contributed by atoms with van der Waals surface area (Å²) in [5.41, 5.74) is -1.60. The van der Waals surface area contributed by atoms with Crippen molar-refractivity contribution in [3.63, 3.8) is 0 Å². The fourth-order valence-corrected chi connectivity index (χ4v) is 4.21. The molecule has 0 saturated carbocycles. The molecule has 0 fully saturated rings. The number of aromatic amines is 2. The molecule has 9 heteroatoms. The first-order valence-corrected chi connectivity index (χ1v) is 9.02. The molecule has 1 aromatic heterocycles. The first kappa shape index (κ1) is 19.2. The van der Waals surface area contributed by atoms with Crippen molar-refractivity contribution in [2.45, 2.75) is 32.4 Å². The molecule has 2 heterocycles. The molecule has 0 saturated heterocycles. The van der Waals surface area contributed by atoms with E-state index in [9.17, 15) is 27.6 Å². The minimum atomic E-state index is -4.50. The summed E-state index contributed by atoms with van der Waals surface area (Å²) in [7, 11) is 0. The maximum absolute atomic E-state index is 13.0. The van der Waals surface area contributed by atoms with Gasteiger partial charge in [0, 0.05) is 18.0 Å². The zero-order chi connectivity index (χ0) is 21.1. The van der Waals surface area contributed by atoms with Gasteiger partial charge in [-0.05, 0) is 23.1 Å². The lowest BCUT2D eigenvalue weighted by Gasteiger charge is -2.40. The minimum Gasteiger partial charge on any atom is -0.344 e. The van der Waals surface area contributed by atoms with E-state index in [-0.39, 0.29) is 23.6 Å². The van der Waals surface area contributed by atoms with Gasteiger partial charge < -0.3 is 5.32 Å². The Hall–Kier alpha value is -3.10. The molecule has 0 unspecified atom stereocenters. The van der Waals surface area contributed by atoms with Crippen molar-refractivity contribution in [3.05, 3.63) is 73.6 Å². The van der Waals surface area contributed by atoms with E-state index in [0.717, 1.165) is 12.1 Å². The molecule has 4 rings (SSSR count). The van der Waals surface area contributed by atoms with Crippen LogP contribution in [-0.4, -0.2) is 15.8 Å². The van der Waals surface area contributed by atoms with Crippen molar-refractivity contribution in [1.29, 1.82) is 0 Å². The maximum Gasteiger partial charge on any atom is 0.416 e. The summed E-state index contributed by atoms with van der Waals surface area (Å²) in [6.07, 6.45) is -2.39. The Balaban J connectivity index is 1.94. The number of aromatic nitrogens is 2. The molecular weight excluding hydrogens is 387 g/mol. The number of allylic oxidation sites excluding steroid dienone is 2. The second kappa shape index (κ2) is 6.20. The number of nitrogens with one attached hydrogen (secondary N) is 3. The second-order valence-electron chi connectivity index (χ2n) is 8.13. The van der Waals surface area contributed by atoms with Gasteiger partial charge in [0.25, 0.3) is 5.56 Å². The fourth-order valence-electron chi connectivity index (χ4n) is 4.21. The van der Waals surface area contributed by atoms with Gasteiger partial charge in [-0.2, -0.15) is 13.2 Å². The quantitative estimate of drug-likeness (QED) is 0.679. The van der Waals surface area contributed by atoms with E-state index in [1.54, 1.807) is 0 Å². The van der Waals surface area contributed by atoms with Crippen LogP contribution in [0.1, 0.15) is 42.9 Å². The van der Waals surface area contributed by atoms with Crippen LogP contribution < -0.4 is 16.6 Å². The number of anilines is 1. The summed E-state index contributed by atoms with van der Waals surface area (Å²) in [4.78, 5) is 42.0. The second-order valence-corrected chi connectivity index (χ2v) is 8.13. The molecule has 1 aliphatic carbocycles. The Labute approximate surface area is 162 Å². The third-order valence-corrected chi connectivity index (χ3v) is 5.35. The van der Waals surface area contributed by atoms with Crippen LogP contribution in [0.15, 0.2) is 45.6 Å². The van der Waals surface area contributed by atoms with Crippen molar-refractivity contribution >= 4 is 11.6 Å². The third kappa shape index (κ3) is 3.30. The number of ketones is 1. The van der Waals surface area contributed by atoms with Crippen LogP contribution in [0.5, 0.6) is 0 Å². The predicted octanol–water partition coefficient (Wildman–Crippen LogP) is 3.14. The monoisotopic (exact) mass is 405 g/mol. The molecule has 2 atom stereocenters. The van der Waals surface area contributed by atoms with Crippen LogP contribution in [0.4, 0.5) is 19.0 Å². The lowest BCUT2D eigenvalue weighted by atomic mass is 9.67. The van der Waals surface area contributed by atoms with E-state index in [4.69, 9.17) is 0 Å². The molecule has 2 aromatic rings. The Morgan fingerprint density at radius 3 is 2.28 bits per heavy atom. The van der Waals surface area contributed by atoms with E-state index in [2.05, 4.69) is 15.3 Å². The highest BCUT2D eigenvalue weighted by Gasteiger charge is 2.45. The van der Waals surface area contributed by atoms with Crippen molar-refractivity contribution in [1.82, 2.24) is 9.97 Å². The number of hydrogen-bond acceptors (Lipinski definition) is 4. The third-order valence-electron chi connectivity index (χ3n) is 5.35. The van der Waals surface area contributed by atoms with Crippen LogP contribution in [0, 0.1) is 11.3 Å². The standard InChI is InChI=1S/C20H18F3N3O3/c1-19(2)7-11-14(12(27)8-19)13(9-3-5-10(6-4-9)20(21,22)23)15-16(24-11)25-18(29)26-17(15)28/h3-7,13-14H,8H2,1-2H3,(H3,24,25,26,28,29)/t13-,14-/m1/s1. The van der Waals surface area contributed by atoms with E-state index in [1.165, 1.54) is 12.1 Å². The van der Waals surface area contributed by atoms with Crippen molar-refractivity contribution < 1.29 is 18.0 Å². The van der Waals surface area contributed by atoms with Gasteiger partial charge in [-0.3, -0.25) is 19.6 Å². The molecule has 1 aliphatic heterocycles.